The second kappa shape index (κ2) is 43.2. The van der Waals surface area contributed by atoms with Crippen LogP contribution in [-0.2, 0) is 28.6 Å². The van der Waals surface area contributed by atoms with Crippen LogP contribution in [0.5, 0.6) is 0 Å². The summed E-state index contributed by atoms with van der Waals surface area (Å²) in [6.45, 7) is 11.0. The maximum atomic E-state index is 12.8. The van der Waals surface area contributed by atoms with Gasteiger partial charge in [0.25, 0.3) is 0 Å². The van der Waals surface area contributed by atoms with E-state index in [1.165, 1.54) is 103 Å². The fourth-order valence-electron chi connectivity index (χ4n) is 7.04. The van der Waals surface area contributed by atoms with Gasteiger partial charge in [-0.2, -0.15) is 0 Å². The Balaban J connectivity index is 4.35. The summed E-state index contributed by atoms with van der Waals surface area (Å²) in [6.07, 6.45) is 39.1. The van der Waals surface area contributed by atoms with Crippen LogP contribution in [0.4, 0.5) is 0 Å². The second-order valence-electron chi connectivity index (χ2n) is 15.9. The highest BCUT2D eigenvalue weighted by Crippen LogP contribution is 2.18. The van der Waals surface area contributed by atoms with Gasteiger partial charge in [0.2, 0.25) is 5.91 Å². The van der Waals surface area contributed by atoms with Gasteiger partial charge in [0.05, 0.1) is 0 Å². The zero-order valence-electron chi connectivity index (χ0n) is 36.8. The SMILES string of the molecule is CCCCCC/C=C\COC(=O)CCCCCCCN(CCCCCCCC(=O)OC(CCCCCCC)CCCCCCCC)CCCNC(=O)COC. The van der Waals surface area contributed by atoms with Crippen molar-refractivity contribution in [3.05, 3.63) is 12.2 Å². The van der Waals surface area contributed by atoms with Gasteiger partial charge < -0.3 is 24.4 Å². The van der Waals surface area contributed by atoms with E-state index in [9.17, 15) is 14.4 Å². The van der Waals surface area contributed by atoms with Crippen LogP contribution in [0.3, 0.4) is 0 Å². The molecule has 1 atom stereocenters. The van der Waals surface area contributed by atoms with Gasteiger partial charge in [-0.3, -0.25) is 14.4 Å². The van der Waals surface area contributed by atoms with Crippen molar-refractivity contribution in [3.63, 3.8) is 0 Å². The van der Waals surface area contributed by atoms with Gasteiger partial charge in [-0.25, -0.2) is 0 Å². The summed E-state index contributed by atoms with van der Waals surface area (Å²) < 4.78 is 16.3. The van der Waals surface area contributed by atoms with Crippen LogP contribution in [0, 0.1) is 0 Å². The molecule has 8 nitrogen and oxygen atoms in total. The molecule has 1 unspecified atom stereocenters. The third-order valence-electron chi connectivity index (χ3n) is 10.5. The normalized spacial score (nSPS) is 12.1. The molecule has 0 rings (SSSR count). The molecular weight excluding hydrogens is 689 g/mol. The molecule has 1 amide bonds. The van der Waals surface area contributed by atoms with E-state index in [1.807, 2.05) is 6.08 Å². The van der Waals surface area contributed by atoms with E-state index in [2.05, 4.69) is 37.1 Å². The van der Waals surface area contributed by atoms with Crippen molar-refractivity contribution in [2.45, 2.75) is 226 Å². The molecule has 0 spiro atoms. The van der Waals surface area contributed by atoms with Crippen molar-refractivity contribution in [2.75, 3.05) is 46.5 Å². The van der Waals surface area contributed by atoms with Crippen molar-refractivity contribution >= 4 is 17.8 Å². The molecule has 0 aliphatic heterocycles. The topological polar surface area (TPSA) is 94.2 Å². The summed E-state index contributed by atoms with van der Waals surface area (Å²) in [5.41, 5.74) is 0. The lowest BCUT2D eigenvalue weighted by Gasteiger charge is -2.22. The maximum Gasteiger partial charge on any atom is 0.306 e. The first-order valence-electron chi connectivity index (χ1n) is 23.4. The standard InChI is InChI=1S/C47H90N2O6/c1-5-8-11-14-16-25-32-42-54-46(51)36-28-21-17-23-30-39-49(41-33-38-48-45(50)43-53-4)40-31-24-18-22-29-37-47(52)55-44(34-26-19-13-10-7-3)35-27-20-15-12-9-6-2/h25,32,44H,5-24,26-31,33-43H2,1-4H3,(H,48,50)/b32-25-. The minimum Gasteiger partial charge on any atom is -0.462 e. The van der Waals surface area contributed by atoms with Gasteiger partial charge in [-0.1, -0.05) is 148 Å². The fourth-order valence-corrected chi connectivity index (χ4v) is 7.04. The van der Waals surface area contributed by atoms with Crippen LogP contribution in [-0.4, -0.2) is 75.4 Å². The third kappa shape index (κ3) is 40.1. The summed E-state index contributed by atoms with van der Waals surface area (Å²) in [4.78, 5) is 39.1. The molecule has 324 valence electrons. The van der Waals surface area contributed by atoms with E-state index < -0.39 is 0 Å². The molecule has 0 radical (unpaired) electrons. The highest BCUT2D eigenvalue weighted by Gasteiger charge is 2.14. The van der Waals surface area contributed by atoms with Crippen LogP contribution in [0.1, 0.15) is 220 Å². The lowest BCUT2D eigenvalue weighted by molar-refractivity contribution is -0.150. The van der Waals surface area contributed by atoms with E-state index in [0.717, 1.165) is 103 Å². The van der Waals surface area contributed by atoms with E-state index in [-0.39, 0.29) is 30.6 Å². The molecule has 0 saturated heterocycles. The number of unbranched alkanes of at least 4 members (excludes halogenated alkanes) is 21. The molecule has 0 aromatic carbocycles. The monoisotopic (exact) mass is 779 g/mol. The van der Waals surface area contributed by atoms with Crippen molar-refractivity contribution in [1.29, 1.82) is 0 Å². The zero-order valence-corrected chi connectivity index (χ0v) is 36.8. The van der Waals surface area contributed by atoms with Crippen LogP contribution in [0.2, 0.25) is 0 Å². The van der Waals surface area contributed by atoms with E-state index >= 15 is 0 Å². The predicted molar refractivity (Wildman–Crippen MR) is 231 cm³/mol. The second-order valence-corrected chi connectivity index (χ2v) is 15.9. The van der Waals surface area contributed by atoms with Crippen LogP contribution < -0.4 is 5.32 Å². The highest BCUT2D eigenvalue weighted by atomic mass is 16.5. The van der Waals surface area contributed by atoms with Crippen molar-refractivity contribution < 1.29 is 28.6 Å². The summed E-state index contributed by atoms with van der Waals surface area (Å²) >= 11 is 0. The predicted octanol–water partition coefficient (Wildman–Crippen LogP) is 12.2. The molecule has 8 heteroatoms. The molecule has 0 aliphatic carbocycles. The number of carbonyl (C=O) groups is 3. The highest BCUT2D eigenvalue weighted by molar-refractivity contribution is 5.77. The summed E-state index contributed by atoms with van der Waals surface area (Å²) in [5.74, 6) is -0.147. The molecule has 0 aromatic heterocycles. The number of carbonyl (C=O) groups excluding carboxylic acids is 3. The first-order valence-corrected chi connectivity index (χ1v) is 23.4. The lowest BCUT2D eigenvalue weighted by atomic mass is 10.0. The molecule has 0 heterocycles. The fraction of sp³-hybridized carbons (Fsp3) is 0.894. The van der Waals surface area contributed by atoms with Crippen LogP contribution >= 0.6 is 0 Å². The first kappa shape index (κ1) is 53.1. The van der Waals surface area contributed by atoms with E-state index in [0.29, 0.717) is 26.0 Å². The molecule has 0 bridgehead atoms. The number of nitrogens with zero attached hydrogens (tertiary/aromatic N) is 1. The smallest absolute Gasteiger partial charge is 0.306 e. The Morgan fingerprint density at radius 1 is 0.545 bits per heavy atom. The Morgan fingerprint density at radius 2 is 1.02 bits per heavy atom. The number of methoxy groups -OCH3 is 1. The Hall–Kier alpha value is -1.93. The van der Waals surface area contributed by atoms with Gasteiger partial charge >= 0.3 is 11.9 Å². The number of ether oxygens (including phenoxy) is 3. The number of nitrogens with one attached hydrogen (secondary N) is 1. The summed E-state index contributed by atoms with van der Waals surface area (Å²) in [7, 11) is 1.54. The minimum absolute atomic E-state index is 0.00414. The Bertz CT molecular complexity index is 881. The third-order valence-corrected chi connectivity index (χ3v) is 10.5. The van der Waals surface area contributed by atoms with E-state index in [4.69, 9.17) is 14.2 Å². The summed E-state index contributed by atoms with van der Waals surface area (Å²) in [5, 5.41) is 2.94. The van der Waals surface area contributed by atoms with Crippen LogP contribution in [0.15, 0.2) is 12.2 Å². The number of hydrogen-bond acceptors (Lipinski definition) is 7. The number of allylic oxidation sites excluding steroid dienone is 1. The molecule has 1 N–H and O–H groups in total. The average molecular weight is 779 g/mol. The quantitative estimate of drug-likeness (QED) is 0.0374. The van der Waals surface area contributed by atoms with E-state index in [1.54, 1.807) is 7.11 Å². The van der Waals surface area contributed by atoms with Crippen molar-refractivity contribution in [1.82, 2.24) is 10.2 Å². The van der Waals surface area contributed by atoms with Crippen molar-refractivity contribution in [3.8, 4) is 0 Å². The molecule has 0 aromatic rings. The van der Waals surface area contributed by atoms with Crippen molar-refractivity contribution in [2.24, 2.45) is 0 Å². The molecule has 0 aliphatic rings. The summed E-state index contributed by atoms with van der Waals surface area (Å²) in [6, 6.07) is 0. The first-order chi connectivity index (χ1) is 27.0. The Labute approximate surface area is 340 Å². The Kier molecular flexibility index (Phi) is 41.7. The largest absolute Gasteiger partial charge is 0.462 e. The number of amides is 1. The van der Waals surface area contributed by atoms with Gasteiger partial charge in [0, 0.05) is 26.5 Å². The van der Waals surface area contributed by atoms with Crippen LogP contribution in [0.25, 0.3) is 0 Å². The van der Waals surface area contributed by atoms with Gasteiger partial charge in [0.1, 0.15) is 19.3 Å². The molecule has 0 saturated carbocycles. The number of esters is 2. The molecular formula is C47H90N2O6. The lowest BCUT2D eigenvalue weighted by Crippen LogP contribution is -2.32. The van der Waals surface area contributed by atoms with Gasteiger partial charge in [-0.05, 0) is 90.3 Å². The molecule has 0 fully saturated rings. The number of rotatable bonds is 43. The molecule has 55 heavy (non-hydrogen) atoms. The Morgan fingerprint density at radius 3 is 1.58 bits per heavy atom. The van der Waals surface area contributed by atoms with Gasteiger partial charge in [0.15, 0.2) is 0 Å². The number of hydrogen-bond donors (Lipinski definition) is 1. The average Bonchev–Trinajstić information content (AvgIpc) is 3.17. The zero-order chi connectivity index (χ0) is 40.3. The minimum atomic E-state index is -0.0877. The maximum absolute atomic E-state index is 12.8. The van der Waals surface area contributed by atoms with Gasteiger partial charge in [-0.15, -0.1) is 0 Å².